The van der Waals surface area contributed by atoms with Gasteiger partial charge in [-0.15, -0.1) is 13.7 Å². The SMILES string of the molecule is CCC(C)P=C([O-])c1c(Cl)cccc1OC. The lowest BCUT2D eigenvalue weighted by Crippen LogP contribution is -2.19. The Kier molecular flexibility index (Phi) is 5.27. The predicted molar refractivity (Wildman–Crippen MR) is 68.8 cm³/mol. The van der Waals surface area contributed by atoms with E-state index in [1.807, 2.05) is 6.92 Å². The third kappa shape index (κ3) is 3.21. The number of methoxy groups -OCH3 is 1. The minimum atomic E-state index is 0.0248. The molecule has 0 saturated carbocycles. The second-order valence-electron chi connectivity index (χ2n) is 3.51. The van der Waals surface area contributed by atoms with E-state index in [1.165, 1.54) is 0 Å². The van der Waals surface area contributed by atoms with Gasteiger partial charge in [0.15, 0.2) is 0 Å². The number of rotatable bonds is 4. The summed E-state index contributed by atoms with van der Waals surface area (Å²) in [5.74, 6) is 0.549. The lowest BCUT2D eigenvalue weighted by Gasteiger charge is -2.18. The fraction of sp³-hybridized carbons (Fsp3) is 0.417. The standard InChI is InChI=1S/C12H16ClO2P/c1-4-8(2)16-12(14)11-9(13)6-5-7-10(11)15-3/h5-8,14H,4H2,1-3H3/p-1. The summed E-state index contributed by atoms with van der Waals surface area (Å²) in [4.78, 5) is 0. The molecule has 1 atom stereocenters. The average molecular weight is 258 g/mol. The van der Waals surface area contributed by atoms with E-state index in [-0.39, 0.29) is 5.48 Å². The molecular weight excluding hydrogens is 243 g/mol. The van der Waals surface area contributed by atoms with Crippen molar-refractivity contribution in [3.05, 3.63) is 28.8 Å². The Labute approximate surface area is 103 Å². The molecule has 4 heteroatoms. The molecule has 0 heterocycles. The average Bonchev–Trinajstić information content (AvgIpc) is 2.28. The van der Waals surface area contributed by atoms with Crippen molar-refractivity contribution in [2.75, 3.05) is 7.11 Å². The lowest BCUT2D eigenvalue weighted by atomic mass is 10.2. The molecular formula is C12H15ClO2P-. The van der Waals surface area contributed by atoms with E-state index in [0.717, 1.165) is 14.6 Å². The Hall–Kier alpha value is -0.560. The third-order valence-corrected chi connectivity index (χ3v) is 3.92. The summed E-state index contributed by atoms with van der Waals surface area (Å²) in [6.45, 7) is 4.11. The van der Waals surface area contributed by atoms with Gasteiger partial charge in [-0.1, -0.05) is 31.5 Å². The van der Waals surface area contributed by atoms with Crippen LogP contribution < -0.4 is 9.84 Å². The van der Waals surface area contributed by atoms with E-state index in [9.17, 15) is 5.11 Å². The second-order valence-corrected chi connectivity index (χ2v) is 5.46. The van der Waals surface area contributed by atoms with E-state index in [1.54, 1.807) is 25.3 Å². The maximum absolute atomic E-state index is 12.0. The molecule has 16 heavy (non-hydrogen) atoms. The molecule has 0 fully saturated rings. The van der Waals surface area contributed by atoms with Crippen molar-refractivity contribution in [3.8, 4) is 5.75 Å². The van der Waals surface area contributed by atoms with Crippen LogP contribution in [0.15, 0.2) is 18.2 Å². The summed E-state index contributed by atoms with van der Waals surface area (Å²) in [6.07, 6.45) is 0.972. The summed E-state index contributed by atoms with van der Waals surface area (Å²) in [5.41, 5.74) is 0.860. The van der Waals surface area contributed by atoms with E-state index >= 15 is 0 Å². The van der Waals surface area contributed by atoms with E-state index in [0.29, 0.717) is 22.0 Å². The maximum Gasteiger partial charge on any atom is 0.126 e. The number of hydrogen-bond donors (Lipinski definition) is 0. The van der Waals surface area contributed by atoms with Crippen LogP contribution in [0.3, 0.4) is 0 Å². The molecule has 1 aromatic rings. The van der Waals surface area contributed by atoms with Crippen LogP contribution in [-0.4, -0.2) is 18.2 Å². The zero-order valence-corrected chi connectivity index (χ0v) is 11.3. The molecule has 0 bridgehead atoms. The van der Waals surface area contributed by atoms with Gasteiger partial charge in [0, 0.05) is 5.56 Å². The van der Waals surface area contributed by atoms with Crippen LogP contribution in [0.25, 0.3) is 0 Å². The zero-order chi connectivity index (χ0) is 12.1. The van der Waals surface area contributed by atoms with Crippen molar-refractivity contribution < 1.29 is 9.84 Å². The Morgan fingerprint density at radius 3 is 2.81 bits per heavy atom. The van der Waals surface area contributed by atoms with Crippen molar-refractivity contribution >= 4 is 25.3 Å². The molecule has 1 aromatic carbocycles. The molecule has 0 saturated heterocycles. The summed E-state index contributed by atoms with van der Waals surface area (Å²) in [6, 6.07) is 5.24. The summed E-state index contributed by atoms with van der Waals surface area (Å²) in [7, 11) is 2.32. The van der Waals surface area contributed by atoms with E-state index in [2.05, 4.69) is 6.92 Å². The van der Waals surface area contributed by atoms with Gasteiger partial charge in [-0.2, -0.15) is 0 Å². The van der Waals surface area contributed by atoms with Gasteiger partial charge < -0.3 is 9.84 Å². The maximum atomic E-state index is 12.0. The van der Waals surface area contributed by atoms with Gasteiger partial charge in [-0.25, -0.2) is 0 Å². The van der Waals surface area contributed by atoms with Crippen molar-refractivity contribution in [1.29, 1.82) is 0 Å². The molecule has 0 aliphatic heterocycles. The number of halogens is 1. The normalized spacial score (nSPS) is 13.7. The Morgan fingerprint density at radius 2 is 2.25 bits per heavy atom. The molecule has 88 valence electrons. The number of ether oxygens (including phenoxy) is 1. The summed E-state index contributed by atoms with van der Waals surface area (Å²) >= 11 is 6.02. The molecule has 0 aromatic heterocycles. The second kappa shape index (κ2) is 6.24. The van der Waals surface area contributed by atoms with Crippen molar-refractivity contribution in [3.63, 3.8) is 0 Å². The van der Waals surface area contributed by atoms with Crippen molar-refractivity contribution in [1.82, 2.24) is 0 Å². The first kappa shape index (κ1) is 13.5. The first-order chi connectivity index (χ1) is 7.60. The van der Waals surface area contributed by atoms with Gasteiger partial charge in [0.1, 0.15) is 5.75 Å². The summed E-state index contributed by atoms with van der Waals surface area (Å²) in [5, 5.41) is 12.5. The third-order valence-electron chi connectivity index (χ3n) is 2.34. The Bertz CT molecular complexity index is 391. The molecule has 0 radical (unpaired) electrons. The predicted octanol–water partition coefficient (Wildman–Crippen LogP) is 2.93. The van der Waals surface area contributed by atoms with Gasteiger partial charge in [-0.3, -0.25) is 0 Å². The highest BCUT2D eigenvalue weighted by Gasteiger charge is 2.06. The minimum Gasteiger partial charge on any atom is -0.823 e. The monoisotopic (exact) mass is 257 g/mol. The molecule has 1 unspecified atom stereocenters. The minimum absolute atomic E-state index is 0.0248. The van der Waals surface area contributed by atoms with Crippen molar-refractivity contribution in [2.24, 2.45) is 0 Å². The quantitative estimate of drug-likeness (QED) is 0.777. The molecule has 1 rings (SSSR count). The van der Waals surface area contributed by atoms with Crippen LogP contribution in [0, 0.1) is 0 Å². The zero-order valence-electron chi connectivity index (χ0n) is 9.66. The van der Waals surface area contributed by atoms with Crippen molar-refractivity contribution in [2.45, 2.75) is 25.9 Å². The highest BCUT2D eigenvalue weighted by atomic mass is 35.5. The van der Waals surface area contributed by atoms with Crippen LogP contribution in [0.5, 0.6) is 5.75 Å². The van der Waals surface area contributed by atoms with Crippen LogP contribution in [-0.2, 0) is 0 Å². The molecule has 0 aliphatic carbocycles. The molecule has 0 amide bonds. The van der Waals surface area contributed by atoms with E-state index in [4.69, 9.17) is 16.3 Å². The van der Waals surface area contributed by atoms with Crippen LogP contribution in [0.1, 0.15) is 25.8 Å². The van der Waals surface area contributed by atoms with Gasteiger partial charge in [0.05, 0.1) is 12.1 Å². The molecule has 2 nitrogen and oxygen atoms in total. The Morgan fingerprint density at radius 1 is 1.56 bits per heavy atom. The molecule has 0 N–H and O–H groups in total. The highest BCUT2D eigenvalue weighted by molar-refractivity contribution is 7.41. The van der Waals surface area contributed by atoms with Gasteiger partial charge >= 0.3 is 0 Å². The fourth-order valence-corrected chi connectivity index (χ4v) is 2.50. The van der Waals surface area contributed by atoms with Crippen LogP contribution >= 0.6 is 19.8 Å². The van der Waals surface area contributed by atoms with Gasteiger partial charge in [0.2, 0.25) is 0 Å². The topological polar surface area (TPSA) is 32.3 Å². The largest absolute Gasteiger partial charge is 0.823 e. The van der Waals surface area contributed by atoms with Crippen LogP contribution in [0.2, 0.25) is 5.02 Å². The fourth-order valence-electron chi connectivity index (χ4n) is 1.24. The molecule has 0 aliphatic rings. The highest BCUT2D eigenvalue weighted by Crippen LogP contribution is 2.28. The van der Waals surface area contributed by atoms with Crippen LogP contribution in [0.4, 0.5) is 0 Å². The molecule has 0 spiro atoms. The van der Waals surface area contributed by atoms with Gasteiger partial charge in [-0.05, 0) is 24.2 Å². The van der Waals surface area contributed by atoms with E-state index < -0.39 is 0 Å². The smallest absolute Gasteiger partial charge is 0.126 e. The Balaban J connectivity index is 3.16. The first-order valence-electron chi connectivity index (χ1n) is 5.17. The number of benzene rings is 1. The summed E-state index contributed by atoms with van der Waals surface area (Å²) < 4.78 is 5.15. The first-order valence-corrected chi connectivity index (χ1v) is 6.52. The van der Waals surface area contributed by atoms with Gasteiger partial charge in [0.25, 0.3) is 0 Å². The lowest BCUT2D eigenvalue weighted by molar-refractivity contribution is -0.207. The number of hydrogen-bond acceptors (Lipinski definition) is 2.